The van der Waals surface area contributed by atoms with E-state index in [9.17, 15) is 0 Å². The van der Waals surface area contributed by atoms with E-state index in [1.807, 2.05) is 30.0 Å². The van der Waals surface area contributed by atoms with Gasteiger partial charge in [0.15, 0.2) is 5.17 Å². The maximum absolute atomic E-state index is 4.71. The summed E-state index contributed by atoms with van der Waals surface area (Å²) in [7, 11) is 0. The third-order valence-electron chi connectivity index (χ3n) is 2.92. The van der Waals surface area contributed by atoms with Crippen LogP contribution in [0.3, 0.4) is 0 Å². The largest absolute Gasteiger partial charge is 0.283 e. The second kappa shape index (κ2) is 4.47. The lowest BCUT2D eigenvalue weighted by molar-refractivity contribution is 0.0486. The monoisotopic (exact) mass is 233 g/mol. The molecule has 0 spiro atoms. The Morgan fingerprint density at radius 2 is 1.88 bits per heavy atom. The zero-order chi connectivity index (χ0) is 10.8. The lowest BCUT2D eigenvalue weighted by Crippen LogP contribution is -2.43. The summed E-state index contributed by atoms with van der Waals surface area (Å²) in [6.45, 7) is 2.31. The summed E-state index contributed by atoms with van der Waals surface area (Å²) < 4.78 is 0. The molecule has 0 N–H and O–H groups in total. The van der Waals surface area contributed by atoms with Crippen molar-refractivity contribution < 1.29 is 0 Å². The third-order valence-corrected chi connectivity index (χ3v) is 3.91. The Morgan fingerprint density at radius 1 is 1.06 bits per heavy atom. The van der Waals surface area contributed by atoms with E-state index in [1.165, 1.54) is 19.4 Å². The molecule has 4 heteroatoms. The van der Waals surface area contributed by atoms with Crippen LogP contribution in [-0.2, 0) is 0 Å². The number of amidine groups is 1. The number of thioether (sulfide) groups is 1. The molecular formula is C12H15N3S. The lowest BCUT2D eigenvalue weighted by atomic mass is 10.2. The molecule has 84 valence electrons. The molecule has 2 heterocycles. The third kappa shape index (κ3) is 1.95. The van der Waals surface area contributed by atoms with E-state index in [0.717, 1.165) is 23.3 Å². The van der Waals surface area contributed by atoms with E-state index in [4.69, 9.17) is 4.99 Å². The molecule has 2 aliphatic rings. The number of fused-ring (bicyclic) bond motifs is 1. The molecular weight excluding hydrogens is 218 g/mol. The van der Waals surface area contributed by atoms with Crippen molar-refractivity contribution in [3.63, 3.8) is 0 Å². The number of benzene rings is 1. The average Bonchev–Trinajstić information content (AvgIpc) is 2.74. The van der Waals surface area contributed by atoms with Gasteiger partial charge in [-0.15, -0.1) is 0 Å². The van der Waals surface area contributed by atoms with Crippen molar-refractivity contribution in [2.45, 2.75) is 12.8 Å². The lowest BCUT2D eigenvalue weighted by Gasteiger charge is -2.32. The van der Waals surface area contributed by atoms with Crippen LogP contribution < -0.4 is 0 Å². The van der Waals surface area contributed by atoms with Gasteiger partial charge in [-0.05, 0) is 25.0 Å². The molecule has 1 aromatic rings. The molecule has 0 bridgehead atoms. The van der Waals surface area contributed by atoms with Gasteiger partial charge in [-0.1, -0.05) is 30.0 Å². The number of hydrogen-bond acceptors (Lipinski definition) is 3. The summed E-state index contributed by atoms with van der Waals surface area (Å²) in [4.78, 5) is 4.71. The highest BCUT2D eigenvalue weighted by molar-refractivity contribution is 8.14. The Kier molecular flexibility index (Phi) is 2.84. The van der Waals surface area contributed by atoms with E-state index in [0.29, 0.717) is 0 Å². The highest BCUT2D eigenvalue weighted by Gasteiger charge is 2.29. The summed E-state index contributed by atoms with van der Waals surface area (Å²) in [5.41, 5.74) is 1.05. The van der Waals surface area contributed by atoms with Gasteiger partial charge in [0, 0.05) is 13.1 Å². The fraction of sp³-hybridized carbons (Fsp3) is 0.417. The normalized spacial score (nSPS) is 23.8. The minimum absolute atomic E-state index is 1.05. The van der Waals surface area contributed by atoms with E-state index >= 15 is 0 Å². The Hall–Kier alpha value is -1.00. The van der Waals surface area contributed by atoms with Crippen molar-refractivity contribution in [2.24, 2.45) is 4.99 Å². The first-order valence-corrected chi connectivity index (χ1v) is 6.71. The number of hydrogen-bond donors (Lipinski definition) is 0. The van der Waals surface area contributed by atoms with Crippen molar-refractivity contribution in [2.75, 3.05) is 19.0 Å². The number of para-hydroxylation sites is 1. The van der Waals surface area contributed by atoms with Crippen LogP contribution in [0.1, 0.15) is 12.8 Å². The van der Waals surface area contributed by atoms with Crippen LogP contribution in [0.2, 0.25) is 0 Å². The molecule has 0 aliphatic carbocycles. The van der Waals surface area contributed by atoms with Crippen LogP contribution in [0.15, 0.2) is 35.3 Å². The summed E-state index contributed by atoms with van der Waals surface area (Å²) in [5.74, 6) is 1.06. The summed E-state index contributed by atoms with van der Waals surface area (Å²) in [5, 5.41) is 5.89. The van der Waals surface area contributed by atoms with E-state index in [2.05, 4.69) is 22.2 Å². The maximum Gasteiger partial charge on any atom is 0.180 e. The molecule has 0 aromatic heterocycles. The number of aliphatic imine (C=N–C) groups is 1. The highest BCUT2D eigenvalue weighted by Crippen LogP contribution is 2.28. The molecule has 2 fully saturated rings. The van der Waals surface area contributed by atoms with E-state index in [1.54, 1.807) is 0 Å². The molecule has 3 nitrogen and oxygen atoms in total. The molecule has 1 aromatic carbocycles. The molecule has 0 radical (unpaired) electrons. The number of rotatable bonds is 1. The van der Waals surface area contributed by atoms with Gasteiger partial charge in [0.25, 0.3) is 0 Å². The fourth-order valence-electron chi connectivity index (χ4n) is 2.08. The summed E-state index contributed by atoms with van der Waals surface area (Å²) >= 11 is 1.84. The molecule has 2 aliphatic heterocycles. The molecule has 0 amide bonds. The Bertz CT molecular complexity index is 391. The number of nitrogens with zero attached hydrogens (tertiary/aromatic N) is 3. The zero-order valence-corrected chi connectivity index (χ0v) is 9.99. The van der Waals surface area contributed by atoms with Crippen LogP contribution in [0.5, 0.6) is 0 Å². The minimum atomic E-state index is 1.05. The zero-order valence-electron chi connectivity index (χ0n) is 9.17. The first kappa shape index (κ1) is 10.2. The first-order chi connectivity index (χ1) is 7.93. The van der Waals surface area contributed by atoms with E-state index < -0.39 is 0 Å². The van der Waals surface area contributed by atoms with Crippen molar-refractivity contribution in [3.8, 4) is 0 Å². The van der Waals surface area contributed by atoms with Crippen molar-refractivity contribution in [1.82, 2.24) is 10.0 Å². The smallest absolute Gasteiger partial charge is 0.180 e. The molecule has 2 saturated heterocycles. The van der Waals surface area contributed by atoms with Crippen LogP contribution in [-0.4, -0.2) is 34.2 Å². The van der Waals surface area contributed by atoms with Gasteiger partial charge in [-0.2, -0.15) is 0 Å². The summed E-state index contributed by atoms with van der Waals surface area (Å²) in [6.07, 6.45) is 2.60. The van der Waals surface area contributed by atoms with Crippen molar-refractivity contribution in [1.29, 1.82) is 0 Å². The molecule has 16 heavy (non-hydrogen) atoms. The minimum Gasteiger partial charge on any atom is -0.283 e. The van der Waals surface area contributed by atoms with Crippen LogP contribution in [0, 0.1) is 0 Å². The van der Waals surface area contributed by atoms with Gasteiger partial charge >= 0.3 is 0 Å². The second-order valence-electron chi connectivity index (χ2n) is 4.06. The average molecular weight is 233 g/mol. The quantitative estimate of drug-likeness (QED) is 0.743. The summed E-state index contributed by atoms with van der Waals surface area (Å²) in [6, 6.07) is 10.2. The van der Waals surface area contributed by atoms with Crippen LogP contribution in [0.4, 0.5) is 5.69 Å². The van der Waals surface area contributed by atoms with Gasteiger partial charge in [0.1, 0.15) is 0 Å². The predicted molar refractivity (Wildman–Crippen MR) is 68.6 cm³/mol. The second-order valence-corrected chi connectivity index (χ2v) is 4.98. The fourth-order valence-corrected chi connectivity index (χ4v) is 3.14. The van der Waals surface area contributed by atoms with Gasteiger partial charge in [-0.3, -0.25) is 5.01 Å². The van der Waals surface area contributed by atoms with Crippen LogP contribution in [0.25, 0.3) is 0 Å². The predicted octanol–water partition coefficient (Wildman–Crippen LogP) is 2.69. The van der Waals surface area contributed by atoms with E-state index in [-0.39, 0.29) is 0 Å². The van der Waals surface area contributed by atoms with Gasteiger partial charge in [-0.25, -0.2) is 10.0 Å². The van der Waals surface area contributed by atoms with Gasteiger partial charge in [0.05, 0.1) is 11.6 Å². The standard InChI is InChI=1S/C12H15N3S/c1-2-6-11(7-3-1)13-12-15-9-5-4-8-14(15)10-16-12/h1-3,6-7H,4-5,8-10H2. The van der Waals surface area contributed by atoms with Gasteiger partial charge < -0.3 is 0 Å². The molecule has 0 unspecified atom stereocenters. The first-order valence-electron chi connectivity index (χ1n) is 5.72. The SMILES string of the molecule is c1ccc(N=C2SCN3CCCCN23)cc1. The Morgan fingerprint density at radius 3 is 2.75 bits per heavy atom. The Balaban J connectivity index is 1.82. The van der Waals surface area contributed by atoms with Crippen molar-refractivity contribution >= 4 is 22.6 Å². The molecule has 0 atom stereocenters. The topological polar surface area (TPSA) is 18.8 Å². The Labute approximate surface area is 100 Å². The molecule has 3 rings (SSSR count). The maximum atomic E-state index is 4.71. The van der Waals surface area contributed by atoms with Crippen LogP contribution >= 0.6 is 11.8 Å². The van der Waals surface area contributed by atoms with Gasteiger partial charge in [0.2, 0.25) is 0 Å². The molecule has 0 saturated carbocycles. The van der Waals surface area contributed by atoms with Crippen molar-refractivity contribution in [3.05, 3.63) is 30.3 Å². The highest BCUT2D eigenvalue weighted by atomic mass is 32.2. The number of hydrazine groups is 1.